The van der Waals surface area contributed by atoms with E-state index in [1.807, 2.05) is 0 Å². The van der Waals surface area contributed by atoms with Gasteiger partial charge < -0.3 is 19.9 Å². The molecule has 0 bridgehead atoms. The quantitative estimate of drug-likeness (QED) is 0.709. The summed E-state index contributed by atoms with van der Waals surface area (Å²) in [5.74, 6) is 0.0152. The highest BCUT2D eigenvalue weighted by molar-refractivity contribution is 5.87. The van der Waals surface area contributed by atoms with Crippen LogP contribution in [0.4, 0.5) is 5.95 Å². The zero-order valence-electron chi connectivity index (χ0n) is 13.5. The van der Waals surface area contributed by atoms with E-state index in [0.717, 1.165) is 39.1 Å². The van der Waals surface area contributed by atoms with E-state index in [0.29, 0.717) is 30.7 Å². The van der Waals surface area contributed by atoms with Crippen LogP contribution in [0.5, 0.6) is 0 Å². The first-order chi connectivity index (χ1) is 11.7. The van der Waals surface area contributed by atoms with Gasteiger partial charge in [0.1, 0.15) is 5.65 Å². The first-order valence-electron chi connectivity index (χ1n) is 8.21. The Kier molecular flexibility index (Phi) is 5.60. The summed E-state index contributed by atoms with van der Waals surface area (Å²) in [6, 6.07) is 1.45. The summed E-state index contributed by atoms with van der Waals surface area (Å²) in [6.07, 6.45) is 6.33. The summed E-state index contributed by atoms with van der Waals surface area (Å²) >= 11 is 0. The number of anilines is 1. The predicted octanol–water partition coefficient (Wildman–Crippen LogP) is 1.67. The number of hydrogen-bond donors (Lipinski definition) is 2. The fraction of sp³-hybridized carbons (Fsp3) is 0.562. The van der Waals surface area contributed by atoms with Gasteiger partial charge in [-0.1, -0.05) is 0 Å². The smallest absolute Gasteiger partial charge is 0.354 e. The number of nitrogens with one attached hydrogen (secondary N) is 1. The molecule has 8 heteroatoms. The van der Waals surface area contributed by atoms with E-state index in [1.54, 1.807) is 16.8 Å². The number of fused-ring (bicyclic) bond motifs is 1. The zero-order chi connectivity index (χ0) is 16.8. The topological polar surface area (TPSA) is 98.0 Å². The number of hydrogen-bond acceptors (Lipinski definition) is 6. The highest BCUT2D eigenvalue weighted by Gasteiger charge is 2.14. The van der Waals surface area contributed by atoms with Gasteiger partial charge in [-0.15, -0.1) is 0 Å². The predicted molar refractivity (Wildman–Crippen MR) is 87.4 cm³/mol. The molecule has 1 saturated heterocycles. The van der Waals surface area contributed by atoms with Gasteiger partial charge in [-0.2, -0.15) is 0 Å². The summed E-state index contributed by atoms with van der Waals surface area (Å²) < 4.78 is 12.8. The number of aromatic nitrogens is 3. The van der Waals surface area contributed by atoms with Gasteiger partial charge in [-0.25, -0.2) is 14.8 Å². The van der Waals surface area contributed by atoms with Crippen molar-refractivity contribution in [2.24, 2.45) is 5.92 Å². The summed E-state index contributed by atoms with van der Waals surface area (Å²) in [5.41, 5.74) is 0.535. The molecule has 0 amide bonds. The third kappa shape index (κ3) is 4.21. The highest BCUT2D eigenvalue weighted by atomic mass is 16.5. The lowest BCUT2D eigenvalue weighted by atomic mass is 10.0. The maximum Gasteiger partial charge on any atom is 0.354 e. The molecule has 2 aromatic heterocycles. The van der Waals surface area contributed by atoms with Crippen molar-refractivity contribution >= 4 is 17.6 Å². The maximum atomic E-state index is 11.1. The molecule has 0 aliphatic carbocycles. The van der Waals surface area contributed by atoms with Gasteiger partial charge in [0.2, 0.25) is 5.95 Å². The van der Waals surface area contributed by atoms with E-state index in [-0.39, 0.29) is 5.69 Å². The second-order valence-electron chi connectivity index (χ2n) is 5.84. The number of rotatable bonds is 8. The van der Waals surface area contributed by atoms with Crippen LogP contribution in [0.3, 0.4) is 0 Å². The normalized spacial score (nSPS) is 15.7. The monoisotopic (exact) mass is 334 g/mol. The molecule has 0 spiro atoms. The van der Waals surface area contributed by atoms with Crippen LogP contribution >= 0.6 is 0 Å². The Morgan fingerprint density at radius 3 is 3.08 bits per heavy atom. The Bertz CT molecular complexity index is 682. The van der Waals surface area contributed by atoms with Crippen molar-refractivity contribution in [2.45, 2.75) is 19.3 Å². The SMILES string of the molecule is O=C(O)c1cc2nccn2c(NCCCOCC2CCOCC2)n1. The van der Waals surface area contributed by atoms with Crippen LogP contribution in [-0.4, -0.2) is 58.4 Å². The second-order valence-corrected chi connectivity index (χ2v) is 5.84. The number of carbonyl (C=O) groups is 1. The molecule has 0 atom stereocenters. The van der Waals surface area contributed by atoms with Crippen molar-refractivity contribution < 1.29 is 19.4 Å². The first-order valence-corrected chi connectivity index (χ1v) is 8.21. The Balaban J connectivity index is 1.45. The standard InChI is InChI=1S/C16H22N4O4/c21-15(22)13-10-14-17-5-6-20(14)16(19-13)18-4-1-7-24-11-12-2-8-23-9-3-12/h5-6,10,12H,1-4,7-9,11H2,(H,18,19)(H,21,22). The average Bonchev–Trinajstić information content (AvgIpc) is 3.07. The second kappa shape index (κ2) is 8.07. The molecule has 3 heterocycles. The van der Waals surface area contributed by atoms with Crippen LogP contribution in [0.2, 0.25) is 0 Å². The zero-order valence-corrected chi connectivity index (χ0v) is 13.5. The van der Waals surface area contributed by atoms with Gasteiger partial charge in [-0.05, 0) is 25.2 Å². The van der Waals surface area contributed by atoms with Crippen LogP contribution in [0.1, 0.15) is 29.8 Å². The number of imidazole rings is 1. The molecule has 3 rings (SSSR count). The molecule has 2 N–H and O–H groups in total. The lowest BCUT2D eigenvalue weighted by Crippen LogP contribution is -2.20. The number of nitrogens with zero attached hydrogens (tertiary/aromatic N) is 3. The maximum absolute atomic E-state index is 11.1. The van der Waals surface area contributed by atoms with Gasteiger partial charge in [0, 0.05) is 51.4 Å². The lowest BCUT2D eigenvalue weighted by Gasteiger charge is -2.21. The minimum Gasteiger partial charge on any atom is -0.477 e. The van der Waals surface area contributed by atoms with E-state index in [9.17, 15) is 4.79 Å². The van der Waals surface area contributed by atoms with Crippen LogP contribution in [0.25, 0.3) is 5.65 Å². The first kappa shape index (κ1) is 16.7. The fourth-order valence-electron chi connectivity index (χ4n) is 2.70. The summed E-state index contributed by atoms with van der Waals surface area (Å²) in [4.78, 5) is 19.4. The number of carboxylic acids is 1. The van der Waals surface area contributed by atoms with E-state index >= 15 is 0 Å². The van der Waals surface area contributed by atoms with Gasteiger partial charge in [-0.3, -0.25) is 4.40 Å². The number of aromatic carboxylic acids is 1. The third-order valence-electron chi connectivity index (χ3n) is 4.05. The molecule has 8 nitrogen and oxygen atoms in total. The van der Waals surface area contributed by atoms with Gasteiger partial charge in [0.05, 0.1) is 0 Å². The Labute approximate surface area is 139 Å². The Hall–Kier alpha value is -2.19. The van der Waals surface area contributed by atoms with Crippen LogP contribution in [0, 0.1) is 5.92 Å². The van der Waals surface area contributed by atoms with E-state index in [1.165, 1.54) is 6.07 Å². The Morgan fingerprint density at radius 1 is 1.46 bits per heavy atom. The molecular weight excluding hydrogens is 312 g/mol. The molecular formula is C16H22N4O4. The van der Waals surface area contributed by atoms with Crippen LogP contribution < -0.4 is 5.32 Å². The number of ether oxygens (including phenoxy) is 2. The highest BCUT2D eigenvalue weighted by Crippen LogP contribution is 2.15. The average molecular weight is 334 g/mol. The molecule has 1 aliphatic heterocycles. The molecule has 0 saturated carbocycles. The van der Waals surface area contributed by atoms with Crippen LogP contribution in [-0.2, 0) is 9.47 Å². The van der Waals surface area contributed by atoms with Gasteiger partial charge in [0.15, 0.2) is 5.69 Å². The molecule has 0 aromatic carbocycles. The van der Waals surface area contributed by atoms with Crippen molar-refractivity contribution in [2.75, 3.05) is 38.3 Å². The molecule has 24 heavy (non-hydrogen) atoms. The molecule has 1 fully saturated rings. The fourth-order valence-corrected chi connectivity index (χ4v) is 2.70. The van der Waals surface area contributed by atoms with Gasteiger partial charge >= 0.3 is 5.97 Å². The van der Waals surface area contributed by atoms with Crippen molar-refractivity contribution in [1.29, 1.82) is 0 Å². The van der Waals surface area contributed by atoms with E-state index in [4.69, 9.17) is 14.6 Å². The third-order valence-corrected chi connectivity index (χ3v) is 4.05. The molecule has 0 unspecified atom stereocenters. The largest absolute Gasteiger partial charge is 0.477 e. The van der Waals surface area contributed by atoms with Crippen molar-refractivity contribution in [3.8, 4) is 0 Å². The van der Waals surface area contributed by atoms with Crippen LogP contribution in [0.15, 0.2) is 18.5 Å². The molecule has 130 valence electrons. The Morgan fingerprint density at radius 2 is 2.29 bits per heavy atom. The summed E-state index contributed by atoms with van der Waals surface area (Å²) in [7, 11) is 0. The van der Waals surface area contributed by atoms with Gasteiger partial charge in [0.25, 0.3) is 0 Å². The van der Waals surface area contributed by atoms with E-state index in [2.05, 4.69) is 15.3 Å². The van der Waals surface area contributed by atoms with Crippen molar-refractivity contribution in [3.63, 3.8) is 0 Å². The minimum absolute atomic E-state index is 0.0213. The summed E-state index contributed by atoms with van der Waals surface area (Å²) in [6.45, 7) is 3.76. The van der Waals surface area contributed by atoms with Crippen molar-refractivity contribution in [1.82, 2.24) is 14.4 Å². The minimum atomic E-state index is -1.07. The lowest BCUT2D eigenvalue weighted by molar-refractivity contribution is 0.0206. The van der Waals surface area contributed by atoms with Crippen molar-refractivity contribution in [3.05, 3.63) is 24.2 Å². The molecule has 0 radical (unpaired) electrons. The summed E-state index contributed by atoms with van der Waals surface area (Å²) in [5, 5.41) is 12.3. The molecule has 1 aliphatic rings. The molecule has 2 aromatic rings. The van der Waals surface area contributed by atoms with E-state index < -0.39 is 5.97 Å². The number of carboxylic acid groups (broad SMARTS) is 1.